The van der Waals surface area contributed by atoms with Gasteiger partial charge in [-0.15, -0.1) is 0 Å². The van der Waals surface area contributed by atoms with Crippen molar-refractivity contribution in [3.05, 3.63) is 35.4 Å². The van der Waals surface area contributed by atoms with Gasteiger partial charge in [-0.1, -0.05) is 0 Å². The Labute approximate surface area is 152 Å². The van der Waals surface area contributed by atoms with Gasteiger partial charge in [0.05, 0.1) is 19.3 Å². The molecule has 0 aliphatic carbocycles. The second kappa shape index (κ2) is 7.75. The van der Waals surface area contributed by atoms with E-state index in [1.54, 1.807) is 18.7 Å². The zero-order valence-corrected chi connectivity index (χ0v) is 15.9. The van der Waals surface area contributed by atoms with E-state index in [2.05, 4.69) is 0 Å². The fourth-order valence-corrected chi connectivity index (χ4v) is 6.11. The van der Waals surface area contributed by atoms with E-state index in [4.69, 9.17) is 9.05 Å². The molecular weight excluding hydrogens is 363 g/mol. The molecule has 0 radical (unpaired) electrons. The third-order valence-corrected chi connectivity index (χ3v) is 7.61. The van der Waals surface area contributed by atoms with Gasteiger partial charge in [-0.25, -0.2) is 8.78 Å². The van der Waals surface area contributed by atoms with Crippen LogP contribution >= 0.6 is 7.60 Å². The first-order valence-electron chi connectivity index (χ1n) is 9.07. The van der Waals surface area contributed by atoms with Crippen molar-refractivity contribution < 1.29 is 27.2 Å². The average Bonchev–Trinajstić information content (AvgIpc) is 3.02. The molecule has 8 heteroatoms. The van der Waals surface area contributed by atoms with Crippen molar-refractivity contribution in [3.63, 3.8) is 0 Å². The van der Waals surface area contributed by atoms with Crippen molar-refractivity contribution in [2.45, 2.75) is 57.3 Å². The molecule has 1 aromatic rings. The molecule has 2 heterocycles. The van der Waals surface area contributed by atoms with E-state index in [9.17, 15) is 18.1 Å². The summed E-state index contributed by atoms with van der Waals surface area (Å²) in [4.78, 5) is 14.7. The average molecular weight is 387 g/mol. The van der Waals surface area contributed by atoms with E-state index in [-0.39, 0.29) is 30.7 Å². The first-order chi connectivity index (χ1) is 12.4. The lowest BCUT2D eigenvalue weighted by atomic mass is 10.0. The Morgan fingerprint density at radius 2 is 1.77 bits per heavy atom. The minimum Gasteiger partial charge on any atom is -0.332 e. The molecule has 0 N–H and O–H groups in total. The number of carbonyl (C=O) groups excluding carboxylic acids is 1. The van der Waals surface area contributed by atoms with Gasteiger partial charge in [-0.05, 0) is 57.7 Å². The first-order valence-corrected chi connectivity index (χ1v) is 10.7. The summed E-state index contributed by atoms with van der Waals surface area (Å²) in [6.07, 6.45) is 2.33. The normalized spacial score (nSPS) is 26.2. The molecule has 0 bridgehead atoms. The molecule has 1 aromatic carbocycles. The summed E-state index contributed by atoms with van der Waals surface area (Å²) in [6, 6.07) is 2.68. The standard InChI is InChI=1S/C18H24F2NO4P/c1-3-24-26(23,25-4-2)17-10-7-13-6-9-16(21(13)18(17)22)14-11-12(19)5-8-15(14)20/h5,8,11,13,16-17H,3-4,6-7,9-10H2,1-2H3/t13-,16+,17?/m1/s1. The molecule has 0 spiro atoms. The van der Waals surface area contributed by atoms with Crippen molar-refractivity contribution in [1.82, 2.24) is 4.90 Å². The summed E-state index contributed by atoms with van der Waals surface area (Å²) in [5, 5.41) is 0. The van der Waals surface area contributed by atoms with Crippen molar-refractivity contribution in [2.24, 2.45) is 0 Å². The van der Waals surface area contributed by atoms with Gasteiger partial charge in [-0.3, -0.25) is 9.36 Å². The predicted octanol–water partition coefficient (Wildman–Crippen LogP) is 4.43. The van der Waals surface area contributed by atoms with Crippen LogP contribution in [0.3, 0.4) is 0 Å². The van der Waals surface area contributed by atoms with E-state index in [0.717, 1.165) is 18.2 Å². The molecule has 0 saturated carbocycles. The Balaban J connectivity index is 1.92. The summed E-state index contributed by atoms with van der Waals surface area (Å²) in [5.41, 5.74) is -0.722. The van der Waals surface area contributed by atoms with Crippen LogP contribution in [-0.4, -0.2) is 35.7 Å². The van der Waals surface area contributed by atoms with Crippen LogP contribution in [0.1, 0.15) is 51.1 Å². The molecule has 2 fully saturated rings. The Morgan fingerprint density at radius 1 is 1.12 bits per heavy atom. The molecule has 3 rings (SSSR count). The third-order valence-electron chi connectivity index (χ3n) is 5.13. The Hall–Kier alpha value is -1.30. The van der Waals surface area contributed by atoms with Crippen molar-refractivity contribution in [3.8, 4) is 0 Å². The van der Waals surface area contributed by atoms with Crippen LogP contribution in [0.4, 0.5) is 8.78 Å². The lowest BCUT2D eigenvalue weighted by Gasteiger charge is -2.40. The molecular formula is C18H24F2NO4P. The smallest absolute Gasteiger partial charge is 0.332 e. The van der Waals surface area contributed by atoms with Crippen LogP contribution < -0.4 is 0 Å². The van der Waals surface area contributed by atoms with Crippen LogP contribution in [0.15, 0.2) is 18.2 Å². The maximum absolute atomic E-state index is 14.3. The van der Waals surface area contributed by atoms with Crippen molar-refractivity contribution in [1.29, 1.82) is 0 Å². The van der Waals surface area contributed by atoms with Crippen molar-refractivity contribution in [2.75, 3.05) is 13.2 Å². The summed E-state index contributed by atoms with van der Waals surface area (Å²) in [5.74, 6) is -1.43. The van der Waals surface area contributed by atoms with Crippen molar-refractivity contribution >= 4 is 13.5 Å². The second-order valence-electron chi connectivity index (χ2n) is 6.63. The largest absolute Gasteiger partial charge is 0.343 e. The van der Waals surface area contributed by atoms with Gasteiger partial charge in [0.2, 0.25) is 5.91 Å². The maximum Gasteiger partial charge on any atom is 0.343 e. The van der Waals surface area contributed by atoms with Crippen LogP contribution in [0.5, 0.6) is 0 Å². The van der Waals surface area contributed by atoms with Crippen LogP contribution in [0.2, 0.25) is 0 Å². The lowest BCUT2D eigenvalue weighted by molar-refractivity contribution is -0.137. The molecule has 144 valence electrons. The van der Waals surface area contributed by atoms with Gasteiger partial charge in [0, 0.05) is 11.6 Å². The van der Waals surface area contributed by atoms with E-state index < -0.39 is 30.9 Å². The topological polar surface area (TPSA) is 55.8 Å². The Morgan fingerprint density at radius 3 is 2.42 bits per heavy atom. The molecule has 0 aromatic heterocycles. The van der Waals surface area contributed by atoms with Crippen LogP contribution in [-0.2, 0) is 18.4 Å². The lowest BCUT2D eigenvalue weighted by Crippen LogP contribution is -2.48. The number of hydrogen-bond acceptors (Lipinski definition) is 4. The molecule has 3 atom stereocenters. The quantitative estimate of drug-likeness (QED) is 0.678. The van der Waals surface area contributed by atoms with Gasteiger partial charge in [-0.2, -0.15) is 0 Å². The first kappa shape index (κ1) is 19.5. The van der Waals surface area contributed by atoms with E-state index in [0.29, 0.717) is 25.7 Å². The minimum absolute atomic E-state index is 0.0527. The number of nitrogens with zero attached hydrogens (tertiary/aromatic N) is 1. The fraction of sp³-hybridized carbons (Fsp3) is 0.611. The zero-order chi connectivity index (χ0) is 18.9. The number of hydrogen-bond donors (Lipinski definition) is 0. The predicted molar refractivity (Wildman–Crippen MR) is 92.8 cm³/mol. The van der Waals surface area contributed by atoms with Gasteiger partial charge in [0.1, 0.15) is 17.3 Å². The summed E-state index contributed by atoms with van der Waals surface area (Å²) >= 11 is 0. The summed E-state index contributed by atoms with van der Waals surface area (Å²) in [6.45, 7) is 3.74. The number of amides is 1. The van der Waals surface area contributed by atoms with E-state index in [1.165, 1.54) is 0 Å². The van der Waals surface area contributed by atoms with E-state index >= 15 is 0 Å². The number of halogens is 2. The molecule has 2 aliphatic heterocycles. The molecule has 1 amide bonds. The highest BCUT2D eigenvalue weighted by Gasteiger charge is 2.51. The summed E-state index contributed by atoms with van der Waals surface area (Å²) < 4.78 is 51.7. The van der Waals surface area contributed by atoms with Crippen LogP contribution in [0, 0.1) is 11.6 Å². The van der Waals surface area contributed by atoms with E-state index in [1.807, 2.05) is 0 Å². The molecule has 26 heavy (non-hydrogen) atoms. The van der Waals surface area contributed by atoms with Gasteiger partial charge < -0.3 is 13.9 Å². The SMILES string of the molecule is CCOP(=O)(OCC)C1CC[C@H]2CC[C@@H](c3cc(F)ccc3F)N2C1=O. The number of rotatable bonds is 6. The zero-order valence-electron chi connectivity index (χ0n) is 15.0. The monoisotopic (exact) mass is 387 g/mol. The fourth-order valence-electron chi connectivity index (χ4n) is 4.09. The Kier molecular flexibility index (Phi) is 5.80. The summed E-state index contributed by atoms with van der Waals surface area (Å²) in [7, 11) is -3.60. The highest BCUT2D eigenvalue weighted by atomic mass is 31.2. The number of benzene rings is 1. The highest BCUT2D eigenvalue weighted by molar-refractivity contribution is 7.55. The van der Waals surface area contributed by atoms with Gasteiger partial charge >= 0.3 is 7.60 Å². The number of fused-ring (bicyclic) bond motifs is 1. The Bertz CT molecular complexity index is 719. The molecule has 1 unspecified atom stereocenters. The van der Waals surface area contributed by atoms with Crippen LogP contribution in [0.25, 0.3) is 0 Å². The van der Waals surface area contributed by atoms with Gasteiger partial charge in [0.25, 0.3) is 0 Å². The number of piperidine rings is 1. The minimum atomic E-state index is -3.60. The molecule has 2 aliphatic rings. The highest BCUT2D eigenvalue weighted by Crippen LogP contribution is 2.58. The maximum atomic E-state index is 14.3. The molecule has 2 saturated heterocycles. The molecule has 5 nitrogen and oxygen atoms in total. The second-order valence-corrected chi connectivity index (χ2v) is 8.85. The third kappa shape index (κ3) is 3.45. The number of carbonyl (C=O) groups is 1. The van der Waals surface area contributed by atoms with Gasteiger partial charge in [0.15, 0.2) is 0 Å².